The molecule has 1 fully saturated rings. The summed E-state index contributed by atoms with van der Waals surface area (Å²) in [4.78, 5) is 36.2. The van der Waals surface area contributed by atoms with Crippen LogP contribution in [-0.4, -0.2) is 48.1 Å². The first-order chi connectivity index (χ1) is 15.0. The molecular formula is C21H27N5O5S. The smallest absolute Gasteiger partial charge is 0.269 e. The number of hydrogen-bond donors (Lipinski definition) is 3. The number of hydrazine groups is 1. The maximum atomic E-state index is 12.9. The number of aromatic nitrogens is 1. The second-order valence-corrected chi connectivity index (χ2v) is 9.91. The number of rotatable bonds is 5. The van der Waals surface area contributed by atoms with Crippen molar-refractivity contribution in [1.29, 1.82) is 0 Å². The van der Waals surface area contributed by atoms with E-state index in [0.717, 1.165) is 11.1 Å². The first kappa shape index (κ1) is 23.5. The van der Waals surface area contributed by atoms with Crippen molar-refractivity contribution in [3.05, 3.63) is 52.8 Å². The molecule has 1 saturated heterocycles. The molecule has 2 aromatic rings. The van der Waals surface area contributed by atoms with Crippen LogP contribution >= 0.6 is 0 Å². The maximum Gasteiger partial charge on any atom is 0.269 e. The molecule has 3 amide bonds. The third-order valence-electron chi connectivity index (χ3n) is 5.62. The minimum Gasteiger partial charge on any atom is -0.364 e. The van der Waals surface area contributed by atoms with Crippen molar-refractivity contribution in [1.82, 2.24) is 19.7 Å². The molecule has 1 aromatic carbocycles. The summed E-state index contributed by atoms with van der Waals surface area (Å²) < 4.78 is 28.4. The highest BCUT2D eigenvalue weighted by molar-refractivity contribution is 7.89. The molecule has 3 rings (SSSR count). The predicted molar refractivity (Wildman–Crippen MR) is 117 cm³/mol. The number of piperidine rings is 1. The first-order valence-electron chi connectivity index (χ1n) is 10.1. The molecule has 11 heteroatoms. The molecule has 1 aliphatic rings. The Labute approximate surface area is 186 Å². The van der Waals surface area contributed by atoms with Gasteiger partial charge >= 0.3 is 0 Å². The zero-order chi connectivity index (χ0) is 23.6. The topological polar surface area (TPSA) is 144 Å². The van der Waals surface area contributed by atoms with Gasteiger partial charge in [-0.3, -0.25) is 25.2 Å². The molecule has 0 spiro atoms. The fraction of sp³-hybridized carbons (Fsp3) is 0.381. The second-order valence-electron chi connectivity index (χ2n) is 7.98. The second kappa shape index (κ2) is 9.13. The van der Waals surface area contributed by atoms with Crippen molar-refractivity contribution >= 4 is 27.7 Å². The van der Waals surface area contributed by atoms with Crippen LogP contribution in [0.15, 0.2) is 35.4 Å². The normalized spacial score (nSPS) is 15.3. The van der Waals surface area contributed by atoms with Gasteiger partial charge in [-0.25, -0.2) is 8.42 Å². The molecule has 32 heavy (non-hydrogen) atoms. The number of aryl methyl sites for hydroxylation is 3. The van der Waals surface area contributed by atoms with E-state index in [1.807, 2.05) is 26.0 Å². The summed E-state index contributed by atoms with van der Waals surface area (Å²) in [6.45, 7) is 4.04. The van der Waals surface area contributed by atoms with Crippen molar-refractivity contribution in [2.24, 2.45) is 18.7 Å². The molecule has 2 heterocycles. The van der Waals surface area contributed by atoms with Crippen LogP contribution in [0.5, 0.6) is 0 Å². The summed E-state index contributed by atoms with van der Waals surface area (Å²) in [5, 5.41) is 0. The Hall–Kier alpha value is -3.18. The van der Waals surface area contributed by atoms with E-state index < -0.39 is 27.8 Å². The third kappa shape index (κ3) is 4.83. The van der Waals surface area contributed by atoms with Gasteiger partial charge in [0.1, 0.15) is 10.6 Å². The van der Waals surface area contributed by atoms with Gasteiger partial charge < -0.3 is 10.3 Å². The number of nitrogens with two attached hydrogens (primary N) is 1. The van der Waals surface area contributed by atoms with E-state index in [4.69, 9.17) is 5.73 Å². The van der Waals surface area contributed by atoms with Gasteiger partial charge in [0.2, 0.25) is 15.9 Å². The molecule has 0 aliphatic carbocycles. The summed E-state index contributed by atoms with van der Waals surface area (Å²) in [6, 6.07) is 6.65. The number of carbonyl (C=O) groups is 3. The molecule has 0 unspecified atom stereocenters. The summed E-state index contributed by atoms with van der Waals surface area (Å²) in [5.41, 5.74) is 12.5. The molecule has 1 aliphatic heterocycles. The monoisotopic (exact) mass is 461 g/mol. The van der Waals surface area contributed by atoms with Gasteiger partial charge in [0, 0.05) is 37.8 Å². The third-order valence-corrected chi connectivity index (χ3v) is 7.48. The van der Waals surface area contributed by atoms with Crippen LogP contribution in [0.1, 0.15) is 44.8 Å². The van der Waals surface area contributed by atoms with E-state index in [-0.39, 0.29) is 29.6 Å². The molecule has 1 aromatic heterocycles. The van der Waals surface area contributed by atoms with Crippen molar-refractivity contribution in [2.75, 3.05) is 13.1 Å². The van der Waals surface area contributed by atoms with Crippen molar-refractivity contribution < 1.29 is 22.8 Å². The van der Waals surface area contributed by atoms with Gasteiger partial charge in [0.05, 0.1) is 0 Å². The average Bonchev–Trinajstić information content (AvgIpc) is 3.14. The Bertz CT molecular complexity index is 1160. The van der Waals surface area contributed by atoms with Crippen molar-refractivity contribution in [3.8, 4) is 0 Å². The Balaban J connectivity index is 1.56. The number of primary amides is 1. The highest BCUT2D eigenvalue weighted by atomic mass is 32.2. The van der Waals surface area contributed by atoms with Gasteiger partial charge in [0.15, 0.2) is 0 Å². The van der Waals surface area contributed by atoms with Crippen LogP contribution in [0.2, 0.25) is 0 Å². The Kier molecular flexibility index (Phi) is 6.70. The summed E-state index contributed by atoms with van der Waals surface area (Å²) in [6.07, 6.45) is 1.96. The van der Waals surface area contributed by atoms with Crippen molar-refractivity contribution in [2.45, 2.75) is 31.6 Å². The standard InChI is InChI=1S/C21H27N5O5S/c1-13-4-5-17(14(2)10-13)21(29)24-23-20(28)15-6-8-26(9-7-15)32(30,31)16-11-18(19(22)27)25(3)12-16/h4-5,10-12,15H,6-9H2,1-3H3,(H2,22,27)(H,23,28)(H,24,29). The van der Waals surface area contributed by atoms with Gasteiger partial charge in [-0.2, -0.15) is 4.31 Å². The first-order valence-corrected chi connectivity index (χ1v) is 11.6. The number of sulfonamides is 1. The molecule has 0 radical (unpaired) electrons. The molecule has 0 bridgehead atoms. The largest absolute Gasteiger partial charge is 0.364 e. The van der Waals surface area contributed by atoms with Crippen LogP contribution in [0.25, 0.3) is 0 Å². The maximum absolute atomic E-state index is 12.9. The lowest BCUT2D eigenvalue weighted by atomic mass is 9.97. The number of benzene rings is 1. The lowest BCUT2D eigenvalue weighted by molar-refractivity contribution is -0.126. The number of amides is 3. The van der Waals surface area contributed by atoms with E-state index >= 15 is 0 Å². The van der Waals surface area contributed by atoms with Crippen LogP contribution in [0, 0.1) is 19.8 Å². The fourth-order valence-corrected chi connectivity index (χ4v) is 5.33. The Morgan fingerprint density at radius 3 is 2.28 bits per heavy atom. The minimum atomic E-state index is -3.81. The fourth-order valence-electron chi connectivity index (χ4n) is 3.78. The van der Waals surface area contributed by atoms with Crippen LogP contribution in [0.4, 0.5) is 0 Å². The quantitative estimate of drug-likeness (QED) is 0.559. The molecule has 172 valence electrons. The summed E-state index contributed by atoms with van der Waals surface area (Å²) in [5.74, 6) is -1.92. The van der Waals surface area contributed by atoms with E-state index in [0.29, 0.717) is 18.4 Å². The number of carbonyl (C=O) groups excluding carboxylic acids is 3. The van der Waals surface area contributed by atoms with Crippen LogP contribution < -0.4 is 16.6 Å². The zero-order valence-electron chi connectivity index (χ0n) is 18.2. The van der Waals surface area contributed by atoms with Crippen LogP contribution in [0.3, 0.4) is 0 Å². The molecule has 0 saturated carbocycles. The predicted octanol–water partition coefficient (Wildman–Crippen LogP) is 0.603. The van der Waals surface area contributed by atoms with E-state index in [1.165, 1.54) is 21.1 Å². The number of nitrogens with one attached hydrogen (secondary N) is 2. The van der Waals surface area contributed by atoms with Gasteiger partial charge in [-0.1, -0.05) is 17.7 Å². The van der Waals surface area contributed by atoms with Gasteiger partial charge in [-0.15, -0.1) is 0 Å². The summed E-state index contributed by atoms with van der Waals surface area (Å²) in [7, 11) is -2.27. The minimum absolute atomic E-state index is 0.0163. The zero-order valence-corrected chi connectivity index (χ0v) is 19.0. The number of hydrogen-bond acceptors (Lipinski definition) is 5. The highest BCUT2D eigenvalue weighted by Gasteiger charge is 2.33. The Morgan fingerprint density at radius 2 is 1.72 bits per heavy atom. The lowest BCUT2D eigenvalue weighted by Gasteiger charge is -2.30. The SMILES string of the molecule is Cc1ccc(C(=O)NNC(=O)C2CCN(S(=O)(=O)c3cc(C(N)=O)n(C)c3)CC2)c(C)c1. The van der Waals surface area contributed by atoms with Gasteiger partial charge in [-0.05, 0) is 44.4 Å². The summed E-state index contributed by atoms with van der Waals surface area (Å²) >= 11 is 0. The van der Waals surface area contributed by atoms with Crippen LogP contribution in [-0.2, 0) is 21.9 Å². The molecule has 0 atom stereocenters. The molecular weight excluding hydrogens is 434 g/mol. The van der Waals surface area contributed by atoms with E-state index in [2.05, 4.69) is 10.9 Å². The van der Waals surface area contributed by atoms with Crippen molar-refractivity contribution in [3.63, 3.8) is 0 Å². The van der Waals surface area contributed by atoms with E-state index in [9.17, 15) is 22.8 Å². The molecule has 4 N–H and O–H groups in total. The molecule has 10 nitrogen and oxygen atoms in total. The Morgan fingerprint density at radius 1 is 1.06 bits per heavy atom. The average molecular weight is 462 g/mol. The lowest BCUT2D eigenvalue weighted by Crippen LogP contribution is -2.48. The number of nitrogens with zero attached hydrogens (tertiary/aromatic N) is 2. The van der Waals surface area contributed by atoms with Gasteiger partial charge in [0.25, 0.3) is 11.8 Å². The highest BCUT2D eigenvalue weighted by Crippen LogP contribution is 2.25. The van der Waals surface area contributed by atoms with E-state index in [1.54, 1.807) is 13.1 Å².